The Morgan fingerprint density at radius 1 is 1.05 bits per heavy atom. The normalized spacial score (nSPS) is 10.8. The zero-order valence-electron chi connectivity index (χ0n) is 12.3. The van der Waals surface area contributed by atoms with E-state index in [1.165, 1.54) is 6.07 Å². The fourth-order valence-electron chi connectivity index (χ4n) is 1.94. The number of hydrogen-bond acceptors (Lipinski definition) is 3. The van der Waals surface area contributed by atoms with Gasteiger partial charge in [0.2, 0.25) is 0 Å². The Bertz CT molecular complexity index is 678. The zero-order chi connectivity index (χ0) is 13.9. The molecule has 0 saturated carbocycles. The molecule has 0 aliphatic carbocycles. The van der Waals surface area contributed by atoms with Crippen LogP contribution >= 0.6 is 0 Å². The van der Waals surface area contributed by atoms with Crippen LogP contribution in [0.1, 0.15) is 12.6 Å². The molecule has 0 aliphatic rings. The predicted octanol–water partition coefficient (Wildman–Crippen LogP) is -0.583. The van der Waals surface area contributed by atoms with Crippen LogP contribution in [0.5, 0.6) is 0 Å². The van der Waals surface area contributed by atoms with E-state index in [-0.39, 0.29) is 35.9 Å². The Balaban J connectivity index is 0.00000200. The summed E-state index contributed by atoms with van der Waals surface area (Å²) in [6.45, 7) is 0. The third-order valence-corrected chi connectivity index (χ3v) is 3.83. The Kier molecular flexibility index (Phi) is 6.23. The van der Waals surface area contributed by atoms with E-state index in [0.29, 0.717) is 24.1 Å². The van der Waals surface area contributed by atoms with E-state index >= 15 is 0 Å². The van der Waals surface area contributed by atoms with Gasteiger partial charge in [0, 0.05) is 5.69 Å². The summed E-state index contributed by atoms with van der Waals surface area (Å²) in [5.41, 5.74) is 7.55. The number of nitrogen functional groups attached to an aromatic ring is 1. The molecule has 0 bridgehead atoms. The van der Waals surface area contributed by atoms with E-state index in [1.807, 2.05) is 30.3 Å². The van der Waals surface area contributed by atoms with Gasteiger partial charge < -0.3 is 7.16 Å². The largest absolute Gasteiger partial charge is 1.00 e. The van der Waals surface area contributed by atoms with Gasteiger partial charge in [0.15, 0.2) is 0 Å². The van der Waals surface area contributed by atoms with Crippen LogP contribution < -0.4 is 35.3 Å². The molecule has 0 saturated heterocycles. The molecule has 0 amide bonds. The molecule has 0 unspecified atom stereocenters. The molecule has 0 aromatic heterocycles. The van der Waals surface area contributed by atoms with Gasteiger partial charge in [0.25, 0.3) is 10.1 Å². The minimum atomic E-state index is -4.24. The Hall–Kier alpha value is -0.850. The zero-order valence-corrected chi connectivity index (χ0v) is 14.1. The number of rotatable bonds is 4. The van der Waals surface area contributed by atoms with E-state index in [9.17, 15) is 13.0 Å². The second-order valence-electron chi connectivity index (χ2n) is 4.33. The van der Waals surface area contributed by atoms with Gasteiger partial charge in [-0.25, -0.2) is 0 Å². The molecule has 6 heteroatoms. The number of aryl methyl sites for hydroxylation is 2. The van der Waals surface area contributed by atoms with Gasteiger partial charge in [-0.3, -0.25) is 4.55 Å². The molecule has 4 nitrogen and oxygen atoms in total. The maximum atomic E-state index is 11.3. The number of nitrogens with two attached hydrogens (primary N) is 1. The predicted molar refractivity (Wildman–Crippen MR) is 75.6 cm³/mol. The number of benzene rings is 2. The second kappa shape index (κ2) is 7.24. The summed E-state index contributed by atoms with van der Waals surface area (Å²) < 4.78 is 31.8. The Morgan fingerprint density at radius 3 is 2.30 bits per heavy atom. The maximum absolute atomic E-state index is 11.3. The van der Waals surface area contributed by atoms with Crippen molar-refractivity contribution < 1.29 is 44.0 Å². The van der Waals surface area contributed by atoms with Crippen molar-refractivity contribution >= 4 is 15.8 Å². The van der Waals surface area contributed by atoms with Crippen molar-refractivity contribution in [1.29, 1.82) is 0 Å². The van der Waals surface area contributed by atoms with Crippen LogP contribution in [0.15, 0.2) is 53.4 Å². The molecule has 3 N–H and O–H groups in total. The molecule has 102 valence electrons. The summed E-state index contributed by atoms with van der Waals surface area (Å²) in [5, 5.41) is 0. The van der Waals surface area contributed by atoms with Gasteiger partial charge in [-0.1, -0.05) is 36.4 Å². The van der Waals surface area contributed by atoms with Gasteiger partial charge in [-0.2, -0.15) is 8.42 Å². The van der Waals surface area contributed by atoms with Crippen LogP contribution in [-0.2, 0) is 23.0 Å². The van der Waals surface area contributed by atoms with Crippen molar-refractivity contribution in [3.8, 4) is 0 Å². The fourth-order valence-corrected chi connectivity index (χ4v) is 2.73. The average molecular weight is 301 g/mol. The first kappa shape index (κ1) is 17.2. The molecule has 2 rings (SSSR count). The van der Waals surface area contributed by atoms with Crippen molar-refractivity contribution in [3.63, 3.8) is 0 Å². The van der Waals surface area contributed by atoms with Crippen LogP contribution in [0.4, 0.5) is 5.69 Å². The van der Waals surface area contributed by atoms with Crippen molar-refractivity contribution in [2.75, 3.05) is 5.73 Å². The molecule has 0 radical (unpaired) electrons. The SMILES string of the molecule is Nc1ccc(CCc2ccccc2)c(S(=O)(=O)O)c1.[H-].[Na+]. The van der Waals surface area contributed by atoms with Gasteiger partial charge in [0.05, 0.1) is 4.90 Å². The molecule has 0 aliphatic heterocycles. The Morgan fingerprint density at radius 2 is 1.70 bits per heavy atom. The monoisotopic (exact) mass is 301 g/mol. The van der Waals surface area contributed by atoms with Crippen molar-refractivity contribution in [3.05, 3.63) is 59.7 Å². The van der Waals surface area contributed by atoms with Crippen LogP contribution in [0, 0.1) is 0 Å². The van der Waals surface area contributed by atoms with Crippen LogP contribution in [0.25, 0.3) is 0 Å². The summed E-state index contributed by atoms with van der Waals surface area (Å²) in [6, 6.07) is 14.3. The summed E-state index contributed by atoms with van der Waals surface area (Å²) >= 11 is 0. The van der Waals surface area contributed by atoms with Crippen molar-refractivity contribution in [1.82, 2.24) is 0 Å². The molecular weight excluding hydrogens is 285 g/mol. The molecule has 0 fully saturated rings. The molecule has 0 spiro atoms. The summed E-state index contributed by atoms with van der Waals surface area (Å²) in [7, 11) is -4.24. The summed E-state index contributed by atoms with van der Waals surface area (Å²) in [4.78, 5) is -0.108. The number of anilines is 1. The van der Waals surface area contributed by atoms with Gasteiger partial charge in [-0.05, 0) is 36.1 Å². The summed E-state index contributed by atoms with van der Waals surface area (Å²) in [6.07, 6.45) is 1.23. The summed E-state index contributed by atoms with van der Waals surface area (Å²) in [5.74, 6) is 0. The van der Waals surface area contributed by atoms with Crippen LogP contribution in [0.2, 0.25) is 0 Å². The maximum Gasteiger partial charge on any atom is 1.00 e. The minimum Gasteiger partial charge on any atom is -1.00 e. The molecule has 0 heterocycles. The molecule has 2 aromatic carbocycles. The topological polar surface area (TPSA) is 80.4 Å². The molecular formula is C14H16NNaO3S. The Labute approximate surface area is 142 Å². The van der Waals surface area contributed by atoms with Crippen LogP contribution in [-0.4, -0.2) is 13.0 Å². The van der Waals surface area contributed by atoms with Gasteiger partial charge >= 0.3 is 29.6 Å². The van der Waals surface area contributed by atoms with E-state index in [1.54, 1.807) is 12.1 Å². The molecule has 2 aromatic rings. The van der Waals surface area contributed by atoms with E-state index in [4.69, 9.17) is 5.73 Å². The quantitative estimate of drug-likeness (QED) is 0.450. The van der Waals surface area contributed by atoms with E-state index in [0.717, 1.165) is 5.56 Å². The van der Waals surface area contributed by atoms with E-state index < -0.39 is 10.1 Å². The number of hydrogen-bond donors (Lipinski definition) is 2. The second-order valence-corrected chi connectivity index (χ2v) is 5.72. The molecule has 0 atom stereocenters. The molecule has 20 heavy (non-hydrogen) atoms. The van der Waals surface area contributed by atoms with Crippen molar-refractivity contribution in [2.45, 2.75) is 17.7 Å². The average Bonchev–Trinajstić information content (AvgIpc) is 2.37. The van der Waals surface area contributed by atoms with Crippen molar-refractivity contribution in [2.24, 2.45) is 0 Å². The van der Waals surface area contributed by atoms with E-state index in [2.05, 4.69) is 0 Å². The minimum absolute atomic E-state index is 0. The third kappa shape index (κ3) is 4.61. The van der Waals surface area contributed by atoms with Gasteiger partial charge in [0.1, 0.15) is 0 Å². The standard InChI is InChI=1S/C14H15NO3S.Na.H/c15-13-9-8-12(14(10-13)19(16,17)18)7-6-11-4-2-1-3-5-11;;/h1-5,8-10H,6-7,15H2,(H,16,17,18);;/q;+1;-1. The first-order valence-corrected chi connectivity index (χ1v) is 7.30. The van der Waals surface area contributed by atoms with Gasteiger partial charge in [-0.15, -0.1) is 0 Å². The first-order valence-electron chi connectivity index (χ1n) is 5.86. The van der Waals surface area contributed by atoms with Crippen LogP contribution in [0.3, 0.4) is 0 Å². The smallest absolute Gasteiger partial charge is 1.00 e. The first-order chi connectivity index (χ1) is 8.97. The fraction of sp³-hybridized carbons (Fsp3) is 0.143. The third-order valence-electron chi connectivity index (χ3n) is 2.89.